The lowest BCUT2D eigenvalue weighted by Crippen LogP contribution is -1.96. The molecule has 0 spiro atoms. The summed E-state index contributed by atoms with van der Waals surface area (Å²) in [5, 5.41) is 0. The number of hydrogen-bond acceptors (Lipinski definition) is 2. The Bertz CT molecular complexity index is 241. The molecule has 2 nitrogen and oxygen atoms in total. The van der Waals surface area contributed by atoms with E-state index in [-0.39, 0.29) is 0 Å². The fourth-order valence-electron chi connectivity index (χ4n) is 1.07. The van der Waals surface area contributed by atoms with Gasteiger partial charge in [0.1, 0.15) is 6.29 Å². The van der Waals surface area contributed by atoms with Gasteiger partial charge >= 0.3 is 0 Å². The van der Waals surface area contributed by atoms with Gasteiger partial charge in [-0.1, -0.05) is 24.3 Å². The van der Waals surface area contributed by atoms with Gasteiger partial charge in [-0.05, 0) is 17.5 Å². The quantitative estimate of drug-likeness (QED) is 0.679. The van der Waals surface area contributed by atoms with Gasteiger partial charge in [0.15, 0.2) is 0 Å². The Morgan fingerprint density at radius 1 is 1.17 bits per heavy atom. The first kappa shape index (κ1) is 8.94. The summed E-state index contributed by atoms with van der Waals surface area (Å²) in [6, 6.07) is 8.04. The zero-order chi connectivity index (χ0) is 8.81. The highest BCUT2D eigenvalue weighted by atomic mass is 16.1. The molecule has 2 N–H and O–H groups in total. The van der Waals surface area contributed by atoms with Gasteiger partial charge < -0.3 is 10.5 Å². The monoisotopic (exact) mass is 163 g/mol. The molecule has 0 radical (unpaired) electrons. The SMILES string of the molecule is NCc1ccc(CCC=O)cc1. The summed E-state index contributed by atoms with van der Waals surface area (Å²) >= 11 is 0. The highest BCUT2D eigenvalue weighted by Gasteiger charge is 1.92. The van der Waals surface area contributed by atoms with E-state index >= 15 is 0 Å². The molecule has 0 aliphatic carbocycles. The van der Waals surface area contributed by atoms with Crippen molar-refractivity contribution < 1.29 is 4.79 Å². The van der Waals surface area contributed by atoms with E-state index in [4.69, 9.17) is 5.73 Å². The maximum absolute atomic E-state index is 10.1. The average molecular weight is 163 g/mol. The van der Waals surface area contributed by atoms with Crippen molar-refractivity contribution in [2.75, 3.05) is 0 Å². The molecule has 0 aromatic heterocycles. The summed E-state index contributed by atoms with van der Waals surface area (Å²) in [5.41, 5.74) is 7.77. The predicted molar refractivity (Wildman–Crippen MR) is 48.7 cm³/mol. The van der Waals surface area contributed by atoms with Crippen LogP contribution in [0.2, 0.25) is 0 Å². The minimum absolute atomic E-state index is 0.577. The summed E-state index contributed by atoms with van der Waals surface area (Å²) < 4.78 is 0. The van der Waals surface area contributed by atoms with Gasteiger partial charge in [0, 0.05) is 13.0 Å². The molecule has 1 aromatic carbocycles. The Kier molecular flexibility index (Phi) is 3.48. The Hall–Kier alpha value is -1.15. The second-order valence-electron chi connectivity index (χ2n) is 2.73. The normalized spacial score (nSPS) is 9.75. The third-order valence-electron chi connectivity index (χ3n) is 1.81. The van der Waals surface area contributed by atoms with Crippen molar-refractivity contribution in [1.29, 1.82) is 0 Å². The molecule has 1 aromatic rings. The van der Waals surface area contributed by atoms with Crippen molar-refractivity contribution in [3.05, 3.63) is 35.4 Å². The molecular formula is C10H13NO. The Labute approximate surface area is 72.4 Å². The average Bonchev–Trinajstić information content (AvgIpc) is 2.15. The molecule has 0 saturated heterocycles. The number of hydrogen-bond donors (Lipinski definition) is 1. The third kappa shape index (κ3) is 2.47. The second-order valence-corrected chi connectivity index (χ2v) is 2.73. The molecular weight excluding hydrogens is 150 g/mol. The summed E-state index contributed by atoms with van der Waals surface area (Å²) in [6.07, 6.45) is 2.37. The highest BCUT2D eigenvalue weighted by Crippen LogP contribution is 2.05. The van der Waals surface area contributed by atoms with Gasteiger partial charge in [0.05, 0.1) is 0 Å². The maximum Gasteiger partial charge on any atom is 0.120 e. The molecule has 0 heterocycles. The smallest absolute Gasteiger partial charge is 0.120 e. The lowest BCUT2D eigenvalue weighted by molar-refractivity contribution is -0.107. The molecule has 0 fully saturated rings. The van der Waals surface area contributed by atoms with E-state index in [1.165, 1.54) is 5.56 Å². The molecule has 0 unspecified atom stereocenters. The maximum atomic E-state index is 10.1. The molecule has 0 aliphatic rings. The van der Waals surface area contributed by atoms with Crippen LogP contribution in [0.25, 0.3) is 0 Å². The zero-order valence-corrected chi connectivity index (χ0v) is 6.99. The van der Waals surface area contributed by atoms with Gasteiger partial charge in [0.2, 0.25) is 0 Å². The molecule has 0 amide bonds. The first-order valence-electron chi connectivity index (χ1n) is 4.08. The molecule has 2 heteroatoms. The molecule has 0 saturated carbocycles. The van der Waals surface area contributed by atoms with Crippen molar-refractivity contribution in [1.82, 2.24) is 0 Å². The van der Waals surface area contributed by atoms with E-state index in [1.54, 1.807) is 0 Å². The predicted octanol–water partition coefficient (Wildman–Crippen LogP) is 1.28. The number of rotatable bonds is 4. The number of aryl methyl sites for hydroxylation is 1. The lowest BCUT2D eigenvalue weighted by Gasteiger charge is -1.99. The number of nitrogens with two attached hydrogens (primary N) is 1. The van der Waals surface area contributed by atoms with E-state index in [0.717, 1.165) is 18.3 Å². The Morgan fingerprint density at radius 2 is 1.75 bits per heavy atom. The zero-order valence-electron chi connectivity index (χ0n) is 6.99. The van der Waals surface area contributed by atoms with Crippen LogP contribution in [0.15, 0.2) is 24.3 Å². The van der Waals surface area contributed by atoms with Crippen LogP contribution in [0, 0.1) is 0 Å². The molecule has 0 bridgehead atoms. The second kappa shape index (κ2) is 4.67. The van der Waals surface area contributed by atoms with Crippen molar-refractivity contribution in [3.8, 4) is 0 Å². The van der Waals surface area contributed by atoms with Crippen LogP contribution in [-0.2, 0) is 17.8 Å². The van der Waals surface area contributed by atoms with E-state index in [0.29, 0.717) is 13.0 Å². The Morgan fingerprint density at radius 3 is 2.25 bits per heavy atom. The van der Waals surface area contributed by atoms with Crippen LogP contribution in [0.5, 0.6) is 0 Å². The van der Waals surface area contributed by atoms with Crippen LogP contribution >= 0.6 is 0 Å². The van der Waals surface area contributed by atoms with Crippen molar-refractivity contribution in [3.63, 3.8) is 0 Å². The number of benzene rings is 1. The molecule has 0 aliphatic heterocycles. The Balaban J connectivity index is 2.58. The molecule has 12 heavy (non-hydrogen) atoms. The van der Waals surface area contributed by atoms with E-state index in [1.807, 2.05) is 24.3 Å². The van der Waals surface area contributed by atoms with E-state index < -0.39 is 0 Å². The van der Waals surface area contributed by atoms with Crippen LogP contribution in [0.1, 0.15) is 17.5 Å². The van der Waals surface area contributed by atoms with Gasteiger partial charge in [-0.2, -0.15) is 0 Å². The fourth-order valence-corrected chi connectivity index (χ4v) is 1.07. The topological polar surface area (TPSA) is 43.1 Å². The van der Waals surface area contributed by atoms with Crippen molar-refractivity contribution in [2.45, 2.75) is 19.4 Å². The van der Waals surface area contributed by atoms with Gasteiger partial charge in [-0.25, -0.2) is 0 Å². The summed E-state index contributed by atoms with van der Waals surface area (Å²) in [5.74, 6) is 0. The van der Waals surface area contributed by atoms with Crippen LogP contribution in [-0.4, -0.2) is 6.29 Å². The largest absolute Gasteiger partial charge is 0.326 e. The first-order chi connectivity index (χ1) is 5.86. The number of carbonyl (C=O) groups is 1. The fraction of sp³-hybridized carbons (Fsp3) is 0.300. The summed E-state index contributed by atoms with van der Waals surface area (Å²) in [7, 11) is 0. The van der Waals surface area contributed by atoms with Crippen molar-refractivity contribution >= 4 is 6.29 Å². The van der Waals surface area contributed by atoms with Crippen molar-refractivity contribution in [2.24, 2.45) is 5.73 Å². The van der Waals surface area contributed by atoms with Gasteiger partial charge in [-0.15, -0.1) is 0 Å². The van der Waals surface area contributed by atoms with E-state index in [9.17, 15) is 4.79 Å². The molecule has 64 valence electrons. The minimum atomic E-state index is 0.577. The number of aldehydes is 1. The van der Waals surface area contributed by atoms with Gasteiger partial charge in [-0.3, -0.25) is 0 Å². The van der Waals surface area contributed by atoms with E-state index in [2.05, 4.69) is 0 Å². The first-order valence-corrected chi connectivity index (χ1v) is 4.08. The highest BCUT2D eigenvalue weighted by molar-refractivity contribution is 5.50. The van der Waals surface area contributed by atoms with Crippen LogP contribution < -0.4 is 5.73 Å². The molecule has 1 rings (SSSR count). The van der Waals surface area contributed by atoms with Crippen LogP contribution in [0.3, 0.4) is 0 Å². The lowest BCUT2D eigenvalue weighted by atomic mass is 10.1. The molecule has 0 atom stereocenters. The van der Waals surface area contributed by atoms with Gasteiger partial charge in [0.25, 0.3) is 0 Å². The number of carbonyl (C=O) groups excluding carboxylic acids is 1. The van der Waals surface area contributed by atoms with Crippen LogP contribution in [0.4, 0.5) is 0 Å². The summed E-state index contributed by atoms with van der Waals surface area (Å²) in [6.45, 7) is 0.577. The summed E-state index contributed by atoms with van der Waals surface area (Å²) in [4.78, 5) is 10.1. The minimum Gasteiger partial charge on any atom is -0.326 e. The standard InChI is InChI=1S/C10H13NO/c11-8-10-5-3-9(4-6-10)2-1-7-12/h3-7H,1-2,8,11H2. The third-order valence-corrected chi connectivity index (χ3v) is 1.81.